The molecule has 0 unspecified atom stereocenters. The van der Waals surface area contributed by atoms with Crippen molar-refractivity contribution >= 4 is 23.1 Å². The first-order chi connectivity index (χ1) is 10.3. The Labute approximate surface area is 130 Å². The van der Waals surface area contributed by atoms with Crippen LogP contribution in [0.4, 0.5) is 5.69 Å². The number of carbonyl (C=O) groups is 1. The molecule has 2 aromatic rings. The molecule has 0 aliphatic rings. The fourth-order valence-electron chi connectivity index (χ4n) is 2.32. The lowest BCUT2D eigenvalue weighted by Gasteiger charge is -2.14. The number of benzene rings is 2. The van der Waals surface area contributed by atoms with Crippen LogP contribution in [-0.4, -0.2) is 24.8 Å². The Morgan fingerprint density at radius 2 is 1.86 bits per heavy atom. The van der Waals surface area contributed by atoms with Crippen LogP contribution < -0.4 is 11.1 Å². The van der Waals surface area contributed by atoms with Crippen LogP contribution in [0.3, 0.4) is 0 Å². The van der Waals surface area contributed by atoms with Crippen molar-refractivity contribution < 1.29 is 4.79 Å². The Kier molecular flexibility index (Phi) is 5.78. The maximum absolute atomic E-state index is 12.2. The molecule has 110 valence electrons. The molecule has 0 atom stereocenters. The zero-order valence-electron chi connectivity index (χ0n) is 11.8. The normalized spacial score (nSPS) is 10.4. The first kappa shape index (κ1) is 15.5. The third-order valence-electron chi connectivity index (χ3n) is 3.26. The van der Waals surface area contributed by atoms with E-state index >= 15 is 0 Å². The van der Waals surface area contributed by atoms with E-state index in [9.17, 15) is 4.79 Å². The Morgan fingerprint density at radius 1 is 1.10 bits per heavy atom. The summed E-state index contributed by atoms with van der Waals surface area (Å²) in [6.45, 7) is 0.614. The van der Waals surface area contributed by atoms with Crippen LogP contribution in [0.25, 0.3) is 0 Å². The van der Waals surface area contributed by atoms with Crippen LogP contribution in [-0.2, 0) is 6.42 Å². The number of halogens is 1. The molecule has 0 fully saturated rings. The molecule has 2 aromatic carbocycles. The number of hydrogen-bond donors (Lipinski definition) is 2. The predicted octanol–water partition coefficient (Wildman–Crippen LogP) is 3.07. The summed E-state index contributed by atoms with van der Waals surface area (Å²) in [4.78, 5) is 12.2. The summed E-state index contributed by atoms with van der Waals surface area (Å²) in [7, 11) is 0. The van der Waals surface area contributed by atoms with Crippen LogP contribution in [0, 0.1) is 0 Å². The molecule has 0 aliphatic carbocycles. The quantitative estimate of drug-likeness (QED) is 0.610. The molecule has 0 bridgehead atoms. The number of Topliss-reactive ketones (excluding diaryl/α,β-unsaturated/α-hetero) is 1. The van der Waals surface area contributed by atoms with Crippen LogP contribution in [0.5, 0.6) is 0 Å². The van der Waals surface area contributed by atoms with E-state index in [0.717, 1.165) is 16.8 Å². The molecule has 0 aliphatic heterocycles. The van der Waals surface area contributed by atoms with Crippen molar-refractivity contribution in [3.8, 4) is 0 Å². The van der Waals surface area contributed by atoms with E-state index in [4.69, 9.17) is 17.3 Å². The fraction of sp³-hybridized carbons (Fsp3) is 0.235. The molecule has 0 spiro atoms. The molecule has 0 saturated carbocycles. The molecule has 3 N–H and O–H groups in total. The highest BCUT2D eigenvalue weighted by atomic mass is 35.5. The van der Waals surface area contributed by atoms with Crippen molar-refractivity contribution in [3.05, 3.63) is 65.2 Å². The lowest BCUT2D eigenvalue weighted by atomic mass is 9.95. The second-order valence-corrected chi connectivity index (χ2v) is 5.12. The van der Waals surface area contributed by atoms with Crippen LogP contribution >= 0.6 is 11.6 Å². The van der Waals surface area contributed by atoms with Gasteiger partial charge in [-0.1, -0.05) is 42.5 Å². The average molecular weight is 303 g/mol. The molecule has 0 heterocycles. The lowest BCUT2D eigenvalue weighted by Crippen LogP contribution is -2.18. The van der Waals surface area contributed by atoms with Gasteiger partial charge in [-0.3, -0.25) is 4.79 Å². The first-order valence-corrected chi connectivity index (χ1v) is 7.48. The lowest BCUT2D eigenvalue weighted by molar-refractivity contribution is 0.100. The van der Waals surface area contributed by atoms with Crippen molar-refractivity contribution in [2.75, 3.05) is 24.3 Å². The number of hydrogen-bond acceptors (Lipinski definition) is 3. The molecular weight excluding hydrogens is 284 g/mol. The molecule has 0 radical (unpaired) electrons. The third kappa shape index (κ3) is 4.06. The summed E-state index contributed by atoms with van der Waals surface area (Å²) in [5.74, 6) is 0.428. The van der Waals surface area contributed by atoms with Crippen molar-refractivity contribution in [1.82, 2.24) is 0 Å². The second kappa shape index (κ2) is 7.81. The average Bonchev–Trinajstić information content (AvgIpc) is 2.53. The maximum Gasteiger partial charge on any atom is 0.178 e. The van der Waals surface area contributed by atoms with Crippen molar-refractivity contribution in [3.63, 3.8) is 0 Å². The Balaban J connectivity index is 2.37. The largest absolute Gasteiger partial charge is 0.383 e. The summed E-state index contributed by atoms with van der Waals surface area (Å²) in [5, 5.41) is 3.20. The second-order valence-electron chi connectivity index (χ2n) is 4.75. The van der Waals surface area contributed by atoms with Crippen LogP contribution in [0.2, 0.25) is 0 Å². The van der Waals surface area contributed by atoms with Gasteiger partial charge in [-0.05, 0) is 23.6 Å². The topological polar surface area (TPSA) is 55.1 Å². The van der Waals surface area contributed by atoms with Crippen molar-refractivity contribution in [2.45, 2.75) is 6.42 Å². The Hall–Kier alpha value is -1.84. The molecule has 21 heavy (non-hydrogen) atoms. The molecular formula is C17H19ClN2O. The van der Waals surface area contributed by atoms with Gasteiger partial charge in [0.1, 0.15) is 0 Å². The SMILES string of the molecule is NCC(=O)c1c(Cc2ccccc2)cccc1NCCCl. The number of nitrogens with two attached hydrogens (primary N) is 1. The molecule has 3 nitrogen and oxygen atoms in total. The van der Waals surface area contributed by atoms with E-state index in [-0.39, 0.29) is 12.3 Å². The van der Waals surface area contributed by atoms with Gasteiger partial charge < -0.3 is 11.1 Å². The van der Waals surface area contributed by atoms with Gasteiger partial charge in [0.25, 0.3) is 0 Å². The zero-order chi connectivity index (χ0) is 15.1. The molecule has 0 saturated heterocycles. The highest BCUT2D eigenvalue weighted by Gasteiger charge is 2.15. The summed E-state index contributed by atoms with van der Waals surface area (Å²) in [5.41, 5.74) is 9.19. The highest BCUT2D eigenvalue weighted by Crippen LogP contribution is 2.23. The van der Waals surface area contributed by atoms with Gasteiger partial charge in [0, 0.05) is 23.7 Å². The van der Waals surface area contributed by atoms with Gasteiger partial charge in [0.2, 0.25) is 0 Å². The predicted molar refractivity (Wildman–Crippen MR) is 88.3 cm³/mol. The van der Waals surface area contributed by atoms with Crippen LogP contribution in [0.15, 0.2) is 48.5 Å². The van der Waals surface area contributed by atoms with Gasteiger partial charge in [-0.2, -0.15) is 0 Å². The number of nitrogens with one attached hydrogen (secondary N) is 1. The number of alkyl halides is 1. The molecule has 4 heteroatoms. The minimum Gasteiger partial charge on any atom is -0.383 e. The number of carbonyl (C=O) groups excluding carboxylic acids is 1. The van der Waals surface area contributed by atoms with E-state index < -0.39 is 0 Å². The molecule has 0 amide bonds. The van der Waals surface area contributed by atoms with E-state index in [1.165, 1.54) is 0 Å². The monoisotopic (exact) mass is 302 g/mol. The number of ketones is 1. The van der Waals surface area contributed by atoms with E-state index in [1.807, 2.05) is 36.4 Å². The summed E-state index contributed by atoms with van der Waals surface area (Å²) in [6.07, 6.45) is 0.707. The minimum absolute atomic E-state index is 0.00135. The van der Waals surface area contributed by atoms with Crippen molar-refractivity contribution in [1.29, 1.82) is 0 Å². The zero-order valence-corrected chi connectivity index (χ0v) is 12.6. The Bertz CT molecular complexity index is 599. The van der Waals surface area contributed by atoms with Gasteiger partial charge in [-0.25, -0.2) is 0 Å². The fourth-order valence-corrected chi connectivity index (χ4v) is 2.42. The maximum atomic E-state index is 12.2. The van der Waals surface area contributed by atoms with Crippen molar-refractivity contribution in [2.24, 2.45) is 5.73 Å². The summed E-state index contributed by atoms with van der Waals surface area (Å²) < 4.78 is 0. The highest BCUT2D eigenvalue weighted by molar-refractivity contribution is 6.18. The van der Waals surface area contributed by atoms with Gasteiger partial charge in [-0.15, -0.1) is 11.6 Å². The number of rotatable bonds is 7. The molecule has 2 rings (SSSR count). The third-order valence-corrected chi connectivity index (χ3v) is 3.45. The number of anilines is 1. The first-order valence-electron chi connectivity index (χ1n) is 6.95. The summed E-state index contributed by atoms with van der Waals surface area (Å²) in [6, 6.07) is 15.9. The minimum atomic E-state index is -0.0568. The van der Waals surface area contributed by atoms with Crippen LogP contribution in [0.1, 0.15) is 21.5 Å². The van der Waals surface area contributed by atoms with E-state index in [1.54, 1.807) is 0 Å². The van der Waals surface area contributed by atoms with E-state index in [2.05, 4.69) is 17.4 Å². The van der Waals surface area contributed by atoms with Gasteiger partial charge in [0.15, 0.2) is 5.78 Å². The smallest absolute Gasteiger partial charge is 0.178 e. The molecule has 0 aromatic heterocycles. The van der Waals surface area contributed by atoms with E-state index in [0.29, 0.717) is 24.4 Å². The van der Waals surface area contributed by atoms with Gasteiger partial charge in [0.05, 0.1) is 6.54 Å². The standard InChI is InChI=1S/C17H19ClN2O/c18-9-10-20-15-8-4-7-14(17(15)16(21)12-19)11-13-5-2-1-3-6-13/h1-8,20H,9-12,19H2. The summed E-state index contributed by atoms with van der Waals surface area (Å²) >= 11 is 5.71. The van der Waals surface area contributed by atoms with Gasteiger partial charge >= 0.3 is 0 Å². The Morgan fingerprint density at radius 3 is 2.52 bits per heavy atom.